The van der Waals surface area contributed by atoms with Gasteiger partial charge in [-0.15, -0.1) is 0 Å². The molecule has 0 spiro atoms. The van der Waals surface area contributed by atoms with E-state index >= 15 is 0 Å². The van der Waals surface area contributed by atoms with Gasteiger partial charge in [0.25, 0.3) is 0 Å². The number of benzene rings is 1. The summed E-state index contributed by atoms with van der Waals surface area (Å²) in [6.07, 6.45) is 5.69. The van der Waals surface area contributed by atoms with E-state index in [2.05, 4.69) is 5.32 Å². The third kappa shape index (κ3) is 3.98. The zero-order valence-electron chi connectivity index (χ0n) is 14.2. The second-order valence-electron chi connectivity index (χ2n) is 6.92. The van der Waals surface area contributed by atoms with E-state index in [1.807, 2.05) is 19.1 Å². The Morgan fingerprint density at radius 2 is 1.88 bits per heavy atom. The highest BCUT2D eigenvalue weighted by atomic mass is 32.2. The van der Waals surface area contributed by atoms with Crippen molar-refractivity contribution in [3.8, 4) is 0 Å². The van der Waals surface area contributed by atoms with Crippen LogP contribution in [0.2, 0.25) is 0 Å². The quantitative estimate of drug-likeness (QED) is 0.856. The molecule has 3 rings (SSSR count). The number of sulfonamides is 1. The van der Waals surface area contributed by atoms with Crippen LogP contribution in [0.15, 0.2) is 29.2 Å². The molecule has 24 heavy (non-hydrogen) atoms. The maximum Gasteiger partial charge on any atom is 0.243 e. The summed E-state index contributed by atoms with van der Waals surface area (Å²) in [6.45, 7) is 3.19. The van der Waals surface area contributed by atoms with Crippen LogP contribution in [0.25, 0.3) is 0 Å². The molecule has 0 aromatic heterocycles. The Morgan fingerprint density at radius 3 is 2.50 bits per heavy atom. The number of nitrogens with one attached hydrogen (secondary N) is 1. The zero-order chi connectivity index (χ0) is 17.2. The van der Waals surface area contributed by atoms with Crippen LogP contribution >= 0.6 is 0 Å². The molecule has 1 unspecified atom stereocenters. The molecule has 1 aliphatic carbocycles. The highest BCUT2D eigenvalue weighted by Gasteiger charge is 2.31. The molecule has 2 fully saturated rings. The monoisotopic (exact) mass is 350 g/mol. The number of hydrogen-bond acceptors (Lipinski definition) is 3. The summed E-state index contributed by atoms with van der Waals surface area (Å²) in [5, 5.41) is 2.93. The molecule has 1 saturated carbocycles. The highest BCUT2D eigenvalue weighted by Crippen LogP contribution is 2.28. The number of carbonyl (C=O) groups is 1. The third-order valence-electron chi connectivity index (χ3n) is 4.93. The van der Waals surface area contributed by atoms with Crippen LogP contribution in [0.5, 0.6) is 0 Å². The van der Waals surface area contributed by atoms with E-state index in [9.17, 15) is 13.2 Å². The fourth-order valence-corrected chi connectivity index (χ4v) is 4.91. The van der Waals surface area contributed by atoms with Crippen molar-refractivity contribution in [3.63, 3.8) is 0 Å². The van der Waals surface area contributed by atoms with Gasteiger partial charge >= 0.3 is 0 Å². The normalized spacial score (nSPS) is 22.3. The number of hydrogen-bond donors (Lipinski definition) is 1. The average Bonchev–Trinajstić information content (AvgIpc) is 3.40. The molecule has 1 heterocycles. The number of nitrogens with zero attached hydrogens (tertiary/aromatic N) is 1. The first-order chi connectivity index (χ1) is 11.5. The van der Waals surface area contributed by atoms with Crippen LogP contribution in [0.4, 0.5) is 0 Å². The molecular formula is C18H26N2O3S. The topological polar surface area (TPSA) is 66.5 Å². The Balaban J connectivity index is 1.59. The summed E-state index contributed by atoms with van der Waals surface area (Å²) in [5.74, 6) is 0.373. The number of carbonyl (C=O) groups excluding carboxylic acids is 1. The van der Waals surface area contributed by atoms with Gasteiger partial charge in [0.1, 0.15) is 0 Å². The largest absolute Gasteiger partial charge is 0.356 e. The van der Waals surface area contributed by atoms with E-state index in [4.69, 9.17) is 0 Å². The van der Waals surface area contributed by atoms with E-state index in [1.165, 1.54) is 0 Å². The molecule has 1 aromatic rings. The molecule has 1 N–H and O–H groups in total. The van der Waals surface area contributed by atoms with Crippen molar-refractivity contribution >= 4 is 15.9 Å². The van der Waals surface area contributed by atoms with Crippen LogP contribution in [0.1, 0.15) is 44.6 Å². The molecule has 6 heteroatoms. The van der Waals surface area contributed by atoms with Crippen LogP contribution in [0, 0.1) is 5.92 Å². The molecule has 0 bridgehead atoms. The van der Waals surface area contributed by atoms with Crippen molar-refractivity contribution in [1.82, 2.24) is 9.62 Å². The lowest BCUT2D eigenvalue weighted by atomic mass is 10.1. The molecule has 1 amide bonds. The molecule has 0 radical (unpaired) electrons. The van der Waals surface area contributed by atoms with Gasteiger partial charge in [-0.2, -0.15) is 4.31 Å². The van der Waals surface area contributed by atoms with E-state index in [0.29, 0.717) is 18.0 Å². The maximum absolute atomic E-state index is 12.8. The van der Waals surface area contributed by atoms with Gasteiger partial charge in [-0.3, -0.25) is 4.79 Å². The lowest BCUT2D eigenvalue weighted by molar-refractivity contribution is -0.122. The van der Waals surface area contributed by atoms with Crippen LogP contribution in [-0.4, -0.2) is 37.8 Å². The molecule has 2 aliphatic rings. The second kappa shape index (κ2) is 7.23. The maximum atomic E-state index is 12.8. The third-order valence-corrected chi connectivity index (χ3v) is 6.96. The first-order valence-corrected chi connectivity index (χ1v) is 10.3. The minimum Gasteiger partial charge on any atom is -0.356 e. The van der Waals surface area contributed by atoms with Gasteiger partial charge in [0, 0.05) is 25.0 Å². The molecule has 5 nitrogen and oxygen atoms in total. The van der Waals surface area contributed by atoms with Gasteiger partial charge in [-0.1, -0.05) is 18.6 Å². The van der Waals surface area contributed by atoms with Gasteiger partial charge < -0.3 is 5.32 Å². The van der Waals surface area contributed by atoms with Crippen molar-refractivity contribution in [2.75, 3.05) is 13.1 Å². The zero-order valence-corrected chi connectivity index (χ0v) is 15.0. The smallest absolute Gasteiger partial charge is 0.243 e. The second-order valence-corrected chi connectivity index (χ2v) is 8.81. The SMILES string of the molecule is CC1CCCCN1S(=O)(=O)c1ccc(CCNC(=O)C2CC2)cc1. The van der Waals surface area contributed by atoms with Gasteiger partial charge in [0.15, 0.2) is 0 Å². The first kappa shape index (κ1) is 17.4. The van der Waals surface area contributed by atoms with Gasteiger partial charge in [-0.05, 0) is 56.7 Å². The van der Waals surface area contributed by atoms with E-state index in [-0.39, 0.29) is 17.9 Å². The molecule has 132 valence electrons. The van der Waals surface area contributed by atoms with E-state index in [1.54, 1.807) is 16.4 Å². The Hall–Kier alpha value is -1.40. The van der Waals surface area contributed by atoms with Gasteiger partial charge in [-0.25, -0.2) is 8.42 Å². The van der Waals surface area contributed by atoms with E-state index < -0.39 is 10.0 Å². The Bertz CT molecular complexity index is 681. The molecular weight excluding hydrogens is 324 g/mol. The molecule has 1 atom stereocenters. The summed E-state index contributed by atoms with van der Waals surface area (Å²) in [6, 6.07) is 7.15. The van der Waals surface area contributed by atoms with Crippen molar-refractivity contribution in [3.05, 3.63) is 29.8 Å². The minimum absolute atomic E-state index is 0.0704. The lowest BCUT2D eigenvalue weighted by Gasteiger charge is -2.32. The van der Waals surface area contributed by atoms with Crippen molar-refractivity contribution in [2.45, 2.75) is 56.4 Å². The fourth-order valence-electron chi connectivity index (χ4n) is 3.21. The Labute approximate surface area is 144 Å². The fraction of sp³-hybridized carbons (Fsp3) is 0.611. The summed E-state index contributed by atoms with van der Waals surface area (Å²) in [4.78, 5) is 12.0. The van der Waals surface area contributed by atoms with Crippen molar-refractivity contribution in [2.24, 2.45) is 5.92 Å². The first-order valence-electron chi connectivity index (χ1n) is 8.87. The number of piperidine rings is 1. The predicted octanol–water partition coefficient (Wildman–Crippen LogP) is 2.32. The summed E-state index contributed by atoms with van der Waals surface area (Å²) >= 11 is 0. The van der Waals surface area contributed by atoms with Crippen LogP contribution in [0.3, 0.4) is 0 Å². The van der Waals surface area contributed by atoms with Crippen LogP contribution < -0.4 is 5.32 Å². The van der Waals surface area contributed by atoms with Crippen LogP contribution in [-0.2, 0) is 21.2 Å². The summed E-state index contributed by atoms with van der Waals surface area (Å²) in [7, 11) is -3.40. The lowest BCUT2D eigenvalue weighted by Crippen LogP contribution is -2.41. The van der Waals surface area contributed by atoms with E-state index in [0.717, 1.165) is 44.1 Å². The standard InChI is InChI=1S/C18H26N2O3S/c1-14-4-2-3-13-20(14)24(22,23)17-9-5-15(6-10-17)11-12-19-18(21)16-7-8-16/h5-6,9-10,14,16H,2-4,7-8,11-13H2,1H3,(H,19,21). The average molecular weight is 350 g/mol. The summed E-state index contributed by atoms with van der Waals surface area (Å²) < 4.78 is 27.2. The van der Waals surface area contributed by atoms with Crippen molar-refractivity contribution in [1.29, 1.82) is 0 Å². The number of amides is 1. The molecule has 1 aliphatic heterocycles. The summed E-state index contributed by atoms with van der Waals surface area (Å²) in [5.41, 5.74) is 1.04. The Kier molecular flexibility index (Phi) is 5.25. The molecule has 1 aromatic carbocycles. The Morgan fingerprint density at radius 1 is 1.17 bits per heavy atom. The highest BCUT2D eigenvalue weighted by molar-refractivity contribution is 7.89. The van der Waals surface area contributed by atoms with Crippen molar-refractivity contribution < 1.29 is 13.2 Å². The predicted molar refractivity (Wildman–Crippen MR) is 93.1 cm³/mol. The minimum atomic E-state index is -3.40. The van der Waals surface area contributed by atoms with Gasteiger partial charge in [0.05, 0.1) is 4.90 Å². The molecule has 1 saturated heterocycles. The number of rotatable bonds is 6. The van der Waals surface area contributed by atoms with Gasteiger partial charge in [0.2, 0.25) is 15.9 Å².